The monoisotopic (exact) mass is 394 g/mol. The molecule has 0 saturated heterocycles. The maximum absolute atomic E-state index is 13.3. The van der Waals surface area contributed by atoms with Crippen molar-refractivity contribution in [2.75, 3.05) is 5.32 Å². The number of hydrogen-bond donors (Lipinski definition) is 1. The van der Waals surface area contributed by atoms with Crippen LogP contribution in [-0.4, -0.2) is 16.7 Å². The molecule has 4 rings (SSSR count). The van der Waals surface area contributed by atoms with Crippen LogP contribution in [0.1, 0.15) is 38.8 Å². The highest BCUT2D eigenvalue weighted by Gasteiger charge is 2.19. The van der Waals surface area contributed by atoms with Gasteiger partial charge in [0, 0.05) is 22.2 Å². The number of anilines is 1. The molecule has 3 aromatic carbocycles. The van der Waals surface area contributed by atoms with Gasteiger partial charge in [-0.25, -0.2) is 4.98 Å². The van der Waals surface area contributed by atoms with Crippen LogP contribution in [0.15, 0.2) is 72.8 Å². The summed E-state index contributed by atoms with van der Waals surface area (Å²) in [6.07, 6.45) is 0. The molecule has 0 spiro atoms. The average molecular weight is 394 g/mol. The van der Waals surface area contributed by atoms with Crippen LogP contribution in [0.5, 0.6) is 0 Å². The number of benzene rings is 3. The molecular formula is C26H22N2O2. The second kappa shape index (κ2) is 7.91. The Morgan fingerprint density at radius 1 is 0.833 bits per heavy atom. The van der Waals surface area contributed by atoms with E-state index in [-0.39, 0.29) is 11.7 Å². The summed E-state index contributed by atoms with van der Waals surface area (Å²) in [6, 6.07) is 22.7. The van der Waals surface area contributed by atoms with Gasteiger partial charge in [0.1, 0.15) is 0 Å². The van der Waals surface area contributed by atoms with Crippen molar-refractivity contribution in [3.63, 3.8) is 0 Å². The van der Waals surface area contributed by atoms with Crippen LogP contribution in [0.25, 0.3) is 22.2 Å². The zero-order chi connectivity index (χ0) is 21.3. The van der Waals surface area contributed by atoms with E-state index in [0.717, 1.165) is 27.7 Å². The van der Waals surface area contributed by atoms with Crippen LogP contribution in [0.4, 0.5) is 5.69 Å². The molecule has 4 heteroatoms. The first-order valence-corrected chi connectivity index (χ1v) is 9.83. The highest BCUT2D eigenvalue weighted by atomic mass is 16.1. The molecule has 0 radical (unpaired) electrons. The Morgan fingerprint density at radius 2 is 1.50 bits per heavy atom. The van der Waals surface area contributed by atoms with E-state index in [1.165, 1.54) is 12.5 Å². The molecule has 1 heterocycles. The number of carbonyl (C=O) groups excluding carboxylic acids is 2. The molecule has 0 aliphatic carbocycles. The first-order chi connectivity index (χ1) is 14.4. The third kappa shape index (κ3) is 3.72. The summed E-state index contributed by atoms with van der Waals surface area (Å²) in [5.74, 6) is -0.207. The van der Waals surface area contributed by atoms with Crippen molar-refractivity contribution in [1.82, 2.24) is 4.98 Å². The Hall–Kier alpha value is -3.79. The van der Waals surface area contributed by atoms with Gasteiger partial charge in [0.2, 0.25) is 0 Å². The normalized spacial score (nSPS) is 10.8. The maximum Gasteiger partial charge on any atom is 0.256 e. The van der Waals surface area contributed by atoms with E-state index in [0.29, 0.717) is 16.8 Å². The van der Waals surface area contributed by atoms with Crippen LogP contribution < -0.4 is 5.32 Å². The fourth-order valence-electron chi connectivity index (χ4n) is 3.57. The van der Waals surface area contributed by atoms with Crippen LogP contribution in [0, 0.1) is 13.8 Å². The van der Waals surface area contributed by atoms with Crippen molar-refractivity contribution in [1.29, 1.82) is 0 Å². The number of Topliss-reactive ketones (excluding diaryl/α,β-unsaturated/α-hetero) is 1. The molecule has 0 saturated carbocycles. The fourth-order valence-corrected chi connectivity index (χ4v) is 3.57. The molecule has 30 heavy (non-hydrogen) atoms. The predicted octanol–water partition coefficient (Wildman–Crippen LogP) is 5.97. The van der Waals surface area contributed by atoms with E-state index in [1.807, 2.05) is 62.4 Å². The number of ketones is 1. The lowest BCUT2D eigenvalue weighted by Crippen LogP contribution is -2.15. The van der Waals surface area contributed by atoms with E-state index >= 15 is 0 Å². The van der Waals surface area contributed by atoms with Crippen molar-refractivity contribution >= 4 is 28.3 Å². The van der Waals surface area contributed by atoms with Gasteiger partial charge in [-0.1, -0.05) is 48.0 Å². The lowest BCUT2D eigenvalue weighted by molar-refractivity contribution is 0.101. The zero-order valence-corrected chi connectivity index (χ0v) is 17.2. The highest BCUT2D eigenvalue weighted by molar-refractivity contribution is 6.14. The highest BCUT2D eigenvalue weighted by Crippen LogP contribution is 2.30. The third-order valence-electron chi connectivity index (χ3n) is 5.24. The largest absolute Gasteiger partial charge is 0.322 e. The second-order valence-corrected chi connectivity index (χ2v) is 7.43. The number of nitrogens with one attached hydrogen (secondary N) is 1. The Kier molecular flexibility index (Phi) is 5.15. The number of rotatable bonds is 4. The first-order valence-electron chi connectivity index (χ1n) is 9.83. The molecule has 0 atom stereocenters. The minimum atomic E-state index is -0.199. The number of hydrogen-bond acceptors (Lipinski definition) is 3. The summed E-state index contributed by atoms with van der Waals surface area (Å²) in [7, 11) is 0. The van der Waals surface area contributed by atoms with Gasteiger partial charge in [0.25, 0.3) is 5.91 Å². The van der Waals surface area contributed by atoms with E-state index in [2.05, 4.69) is 5.32 Å². The summed E-state index contributed by atoms with van der Waals surface area (Å²) in [4.78, 5) is 29.6. The SMILES string of the molecule is CC(=O)c1ccc(NC(=O)c2c(C)c(-c3ccc(C)cc3)nc3ccccc23)cc1. The molecule has 4 nitrogen and oxygen atoms in total. The molecule has 0 bridgehead atoms. The maximum atomic E-state index is 13.3. The van der Waals surface area contributed by atoms with E-state index in [4.69, 9.17) is 4.98 Å². The van der Waals surface area contributed by atoms with Crippen molar-refractivity contribution in [2.45, 2.75) is 20.8 Å². The molecule has 1 amide bonds. The first kappa shape index (κ1) is 19.5. The molecule has 148 valence electrons. The van der Waals surface area contributed by atoms with Gasteiger partial charge in [-0.2, -0.15) is 0 Å². The Morgan fingerprint density at radius 3 is 2.17 bits per heavy atom. The number of aryl methyl sites for hydroxylation is 1. The number of fused-ring (bicyclic) bond motifs is 1. The second-order valence-electron chi connectivity index (χ2n) is 7.43. The van der Waals surface area contributed by atoms with Crippen LogP contribution in [0.2, 0.25) is 0 Å². The molecule has 1 N–H and O–H groups in total. The predicted molar refractivity (Wildman–Crippen MR) is 121 cm³/mol. The van der Waals surface area contributed by atoms with Crippen molar-refractivity contribution in [3.8, 4) is 11.3 Å². The zero-order valence-electron chi connectivity index (χ0n) is 17.2. The van der Waals surface area contributed by atoms with Gasteiger partial charge in [0.15, 0.2) is 5.78 Å². The third-order valence-corrected chi connectivity index (χ3v) is 5.24. The molecular weight excluding hydrogens is 372 g/mol. The van der Waals surface area contributed by atoms with Crippen LogP contribution >= 0.6 is 0 Å². The van der Waals surface area contributed by atoms with E-state index in [9.17, 15) is 9.59 Å². The minimum absolute atomic E-state index is 0.00779. The van der Waals surface area contributed by atoms with Crippen LogP contribution in [0.3, 0.4) is 0 Å². The number of pyridine rings is 1. The summed E-state index contributed by atoms with van der Waals surface area (Å²) in [5.41, 5.74) is 6.40. The molecule has 0 unspecified atom stereocenters. The van der Waals surface area contributed by atoms with Gasteiger partial charge in [-0.15, -0.1) is 0 Å². The van der Waals surface area contributed by atoms with Crippen molar-refractivity contribution < 1.29 is 9.59 Å². The molecule has 4 aromatic rings. The van der Waals surface area contributed by atoms with Gasteiger partial charge in [-0.05, 0) is 56.7 Å². The molecule has 0 aliphatic heterocycles. The summed E-state index contributed by atoms with van der Waals surface area (Å²) >= 11 is 0. The van der Waals surface area contributed by atoms with Gasteiger partial charge in [0.05, 0.1) is 16.8 Å². The number of aromatic nitrogens is 1. The van der Waals surface area contributed by atoms with Gasteiger partial charge in [-0.3, -0.25) is 9.59 Å². The van der Waals surface area contributed by atoms with Crippen molar-refractivity contribution in [2.24, 2.45) is 0 Å². The number of para-hydroxylation sites is 1. The molecule has 0 fully saturated rings. The summed E-state index contributed by atoms with van der Waals surface area (Å²) in [5, 5.41) is 3.78. The van der Waals surface area contributed by atoms with Gasteiger partial charge >= 0.3 is 0 Å². The Bertz CT molecular complexity index is 1260. The number of amides is 1. The number of carbonyl (C=O) groups is 2. The summed E-state index contributed by atoms with van der Waals surface area (Å²) < 4.78 is 0. The molecule has 1 aromatic heterocycles. The quantitative estimate of drug-likeness (QED) is 0.434. The standard InChI is InChI=1S/C26H22N2O2/c1-16-8-10-20(11-9-16)25-17(2)24(22-6-4-5-7-23(22)28-25)26(30)27-21-14-12-19(13-15-21)18(3)29/h4-15H,1-3H3,(H,27,30). The Labute approximate surface area is 175 Å². The molecule has 0 aliphatic rings. The van der Waals surface area contributed by atoms with E-state index in [1.54, 1.807) is 24.3 Å². The summed E-state index contributed by atoms with van der Waals surface area (Å²) in [6.45, 7) is 5.50. The fraction of sp³-hybridized carbons (Fsp3) is 0.115. The van der Waals surface area contributed by atoms with E-state index < -0.39 is 0 Å². The van der Waals surface area contributed by atoms with Crippen molar-refractivity contribution in [3.05, 3.63) is 95.1 Å². The smallest absolute Gasteiger partial charge is 0.256 e. The minimum Gasteiger partial charge on any atom is -0.322 e. The lowest BCUT2D eigenvalue weighted by atomic mass is 9.96. The number of nitrogens with zero attached hydrogens (tertiary/aromatic N) is 1. The topological polar surface area (TPSA) is 59.1 Å². The average Bonchev–Trinajstić information content (AvgIpc) is 2.74. The lowest BCUT2D eigenvalue weighted by Gasteiger charge is -2.15. The van der Waals surface area contributed by atoms with Gasteiger partial charge < -0.3 is 5.32 Å². The Balaban J connectivity index is 1.80. The van der Waals surface area contributed by atoms with Crippen LogP contribution in [-0.2, 0) is 0 Å².